The third kappa shape index (κ3) is 3.96. The van der Waals surface area contributed by atoms with Crippen LogP contribution in [0.2, 0.25) is 5.02 Å². The van der Waals surface area contributed by atoms with Gasteiger partial charge in [-0.2, -0.15) is 0 Å². The molecule has 3 heterocycles. The minimum atomic E-state index is -1.16. The first-order chi connectivity index (χ1) is 15.3. The molecule has 1 N–H and O–H groups in total. The van der Waals surface area contributed by atoms with Crippen molar-refractivity contribution in [3.63, 3.8) is 0 Å². The van der Waals surface area contributed by atoms with Crippen LogP contribution in [-0.4, -0.2) is 54.9 Å². The summed E-state index contributed by atoms with van der Waals surface area (Å²) in [4.78, 5) is 46.8. The first kappa shape index (κ1) is 21.9. The number of ether oxygens (including phenoxy) is 1. The van der Waals surface area contributed by atoms with Crippen molar-refractivity contribution in [2.45, 2.75) is 12.6 Å². The van der Waals surface area contributed by atoms with E-state index in [2.05, 4.69) is 9.97 Å². The molecular weight excluding hydrogens is 445 g/mol. The molecule has 2 atom stereocenters. The maximum Gasteiger partial charge on any atom is 0.407 e. The highest BCUT2D eigenvalue weighted by atomic mass is 35.5. The lowest BCUT2D eigenvalue weighted by molar-refractivity contribution is 0.0244. The molecule has 32 heavy (non-hydrogen) atoms. The van der Waals surface area contributed by atoms with E-state index < -0.39 is 35.2 Å². The zero-order valence-corrected chi connectivity index (χ0v) is 17.7. The molecule has 0 radical (unpaired) electrons. The fourth-order valence-corrected chi connectivity index (χ4v) is 4.01. The number of rotatable bonds is 3. The molecule has 1 fully saturated rings. The summed E-state index contributed by atoms with van der Waals surface area (Å²) < 4.78 is 22.2. The molecule has 168 valence electrons. The number of halogens is 2. The molecule has 0 spiro atoms. The average Bonchev–Trinajstić information content (AvgIpc) is 3.00. The highest BCUT2D eigenvalue weighted by molar-refractivity contribution is 6.30. The second kappa shape index (κ2) is 8.67. The van der Waals surface area contributed by atoms with E-state index in [0.717, 1.165) is 9.47 Å². The van der Waals surface area contributed by atoms with Crippen LogP contribution in [0.1, 0.15) is 11.7 Å². The van der Waals surface area contributed by atoms with Gasteiger partial charge in [0.25, 0.3) is 5.56 Å². The fourth-order valence-electron chi connectivity index (χ4n) is 3.89. The van der Waals surface area contributed by atoms with Gasteiger partial charge in [-0.3, -0.25) is 13.9 Å². The van der Waals surface area contributed by atoms with Crippen LogP contribution in [0.3, 0.4) is 0 Å². The molecule has 1 aliphatic rings. The largest absolute Gasteiger partial charge is 0.465 e. The van der Waals surface area contributed by atoms with Crippen molar-refractivity contribution >= 4 is 28.9 Å². The van der Waals surface area contributed by atoms with Gasteiger partial charge in [0.1, 0.15) is 5.82 Å². The Morgan fingerprint density at radius 2 is 2.06 bits per heavy atom. The zero-order chi connectivity index (χ0) is 23.0. The van der Waals surface area contributed by atoms with E-state index in [0.29, 0.717) is 5.56 Å². The zero-order valence-electron chi connectivity index (χ0n) is 16.9. The summed E-state index contributed by atoms with van der Waals surface area (Å²) in [5.41, 5.74) is -0.708. The number of nitrogens with zero attached hydrogens (tertiary/aromatic N) is 5. The van der Waals surface area contributed by atoms with Crippen LogP contribution >= 0.6 is 11.6 Å². The molecule has 4 rings (SSSR count). The topological polar surface area (TPSA) is 120 Å². The maximum absolute atomic E-state index is 14.1. The molecule has 1 saturated heterocycles. The minimum Gasteiger partial charge on any atom is -0.465 e. The Kier molecular flexibility index (Phi) is 5.94. The Labute approximate surface area is 185 Å². The van der Waals surface area contributed by atoms with Gasteiger partial charge in [0, 0.05) is 45.0 Å². The van der Waals surface area contributed by atoms with Gasteiger partial charge in [0.15, 0.2) is 11.2 Å². The summed E-state index contributed by atoms with van der Waals surface area (Å²) in [6.45, 7) is -0.0443. The molecule has 1 aromatic carbocycles. The van der Waals surface area contributed by atoms with E-state index in [1.165, 1.54) is 36.1 Å². The lowest BCUT2D eigenvalue weighted by Crippen LogP contribution is -2.44. The Hall–Kier alpha value is -3.31. The highest BCUT2D eigenvalue weighted by Crippen LogP contribution is 2.32. The molecule has 0 aliphatic carbocycles. The number of fused-ring (bicyclic) bond motifs is 1. The molecule has 3 aromatic rings. The Balaban J connectivity index is 1.81. The molecule has 1 aliphatic heterocycles. The number of carbonyl (C=O) groups is 1. The molecular formula is C20H19ClFN5O5. The normalized spacial score (nSPS) is 19.2. The Morgan fingerprint density at radius 1 is 1.31 bits per heavy atom. The fraction of sp³-hybridized carbons (Fsp3) is 0.350. The number of hydrogen-bond acceptors (Lipinski definition) is 6. The van der Waals surface area contributed by atoms with Crippen molar-refractivity contribution < 1.29 is 19.0 Å². The number of amides is 1. The van der Waals surface area contributed by atoms with Crippen molar-refractivity contribution in [3.05, 3.63) is 67.8 Å². The molecule has 1 amide bonds. The van der Waals surface area contributed by atoms with Crippen LogP contribution in [0.5, 0.6) is 0 Å². The Morgan fingerprint density at radius 3 is 2.78 bits per heavy atom. The number of benzene rings is 1. The van der Waals surface area contributed by atoms with Crippen molar-refractivity contribution in [2.24, 2.45) is 13.0 Å². The molecule has 0 saturated carbocycles. The predicted molar refractivity (Wildman–Crippen MR) is 112 cm³/mol. The van der Waals surface area contributed by atoms with E-state index in [-0.39, 0.29) is 42.4 Å². The maximum atomic E-state index is 14.1. The van der Waals surface area contributed by atoms with E-state index in [1.54, 1.807) is 6.07 Å². The second-order valence-electron chi connectivity index (χ2n) is 7.44. The van der Waals surface area contributed by atoms with E-state index in [1.807, 2.05) is 0 Å². The standard InChI is InChI=1S/C20H19ClFN5O5/c1-25-17-15(23-4-5-24-17)18(28)27(19(25)29)10-12-9-26(20(30)31)6-7-32-16(12)11-2-3-13(21)14(22)8-11/h2-5,8,12,16H,6-7,9-10H2,1H3,(H,30,31)/t12-,16-/m0/s1. The summed E-state index contributed by atoms with van der Waals surface area (Å²) in [6.07, 6.45) is 0.783. The highest BCUT2D eigenvalue weighted by Gasteiger charge is 2.33. The molecule has 2 aromatic heterocycles. The van der Waals surface area contributed by atoms with Gasteiger partial charge >= 0.3 is 11.8 Å². The smallest absolute Gasteiger partial charge is 0.407 e. The minimum absolute atomic E-state index is 0.00770. The van der Waals surface area contributed by atoms with Gasteiger partial charge in [-0.25, -0.2) is 23.9 Å². The van der Waals surface area contributed by atoms with E-state index in [4.69, 9.17) is 16.3 Å². The van der Waals surface area contributed by atoms with Gasteiger partial charge < -0.3 is 14.7 Å². The van der Waals surface area contributed by atoms with Gasteiger partial charge in [-0.1, -0.05) is 17.7 Å². The molecule has 0 bridgehead atoms. The quantitative estimate of drug-likeness (QED) is 0.627. The van der Waals surface area contributed by atoms with Gasteiger partial charge in [-0.15, -0.1) is 0 Å². The van der Waals surface area contributed by atoms with Crippen LogP contribution in [0, 0.1) is 11.7 Å². The van der Waals surface area contributed by atoms with Crippen molar-refractivity contribution in [2.75, 3.05) is 19.7 Å². The summed E-state index contributed by atoms with van der Waals surface area (Å²) in [7, 11) is 1.47. The first-order valence-electron chi connectivity index (χ1n) is 9.73. The van der Waals surface area contributed by atoms with Crippen molar-refractivity contribution in [3.8, 4) is 0 Å². The summed E-state index contributed by atoms with van der Waals surface area (Å²) >= 11 is 5.79. The van der Waals surface area contributed by atoms with E-state index in [9.17, 15) is 23.9 Å². The van der Waals surface area contributed by atoms with Crippen LogP contribution in [0.15, 0.2) is 40.2 Å². The monoisotopic (exact) mass is 463 g/mol. The van der Waals surface area contributed by atoms with Gasteiger partial charge in [-0.05, 0) is 17.7 Å². The van der Waals surface area contributed by atoms with Crippen LogP contribution in [0.4, 0.5) is 9.18 Å². The van der Waals surface area contributed by atoms with Gasteiger partial charge in [0.2, 0.25) is 0 Å². The average molecular weight is 464 g/mol. The third-order valence-corrected chi connectivity index (χ3v) is 5.77. The predicted octanol–water partition coefficient (Wildman–Crippen LogP) is 1.65. The summed E-state index contributed by atoms with van der Waals surface area (Å²) in [5, 5.41) is 9.45. The van der Waals surface area contributed by atoms with Crippen molar-refractivity contribution in [1.82, 2.24) is 24.0 Å². The number of aromatic nitrogens is 4. The summed E-state index contributed by atoms with van der Waals surface area (Å²) in [5.74, 6) is -1.33. The molecule has 12 heteroatoms. The molecule has 10 nitrogen and oxygen atoms in total. The van der Waals surface area contributed by atoms with Gasteiger partial charge in [0.05, 0.1) is 17.7 Å². The lowest BCUT2D eigenvalue weighted by atomic mass is 9.94. The van der Waals surface area contributed by atoms with Crippen LogP contribution in [-0.2, 0) is 18.3 Å². The van der Waals surface area contributed by atoms with Crippen LogP contribution < -0.4 is 11.2 Å². The first-order valence-corrected chi connectivity index (χ1v) is 10.1. The lowest BCUT2D eigenvalue weighted by Gasteiger charge is -2.27. The summed E-state index contributed by atoms with van der Waals surface area (Å²) in [6, 6.07) is 4.17. The second-order valence-corrected chi connectivity index (χ2v) is 7.85. The van der Waals surface area contributed by atoms with Crippen molar-refractivity contribution in [1.29, 1.82) is 0 Å². The number of hydrogen-bond donors (Lipinski definition) is 1. The third-order valence-electron chi connectivity index (χ3n) is 5.46. The SMILES string of the molecule is Cn1c(=O)n(C[C@@H]2CN(C(=O)O)CCO[C@H]2c2ccc(Cl)c(F)c2)c(=O)c2nccnc21. The van der Waals surface area contributed by atoms with E-state index >= 15 is 0 Å². The Bertz CT molecular complexity index is 1310. The molecule has 0 unspecified atom stereocenters. The van der Waals surface area contributed by atoms with Crippen LogP contribution in [0.25, 0.3) is 11.2 Å². The number of carboxylic acid groups (broad SMARTS) is 1. The number of aryl methyl sites for hydroxylation is 1.